The standard InChI is InChI=1S/C11H15N3O/c1-2-9(7-11(13)14)15-10-5-3-8(12)4-6-10/h2-7H,12-14H2,1H3/b9-2+. The molecule has 0 amide bonds. The van der Waals surface area contributed by atoms with Gasteiger partial charge in [0.1, 0.15) is 11.5 Å². The van der Waals surface area contributed by atoms with Crippen molar-refractivity contribution >= 4 is 5.69 Å². The zero-order valence-corrected chi connectivity index (χ0v) is 8.60. The van der Waals surface area contributed by atoms with E-state index in [1.807, 2.05) is 6.92 Å². The second kappa shape index (κ2) is 4.95. The minimum absolute atomic E-state index is 0.207. The molecule has 0 spiro atoms. The van der Waals surface area contributed by atoms with E-state index in [4.69, 9.17) is 21.9 Å². The molecule has 0 aromatic heterocycles. The number of nitrogen functional groups attached to an aromatic ring is 1. The van der Waals surface area contributed by atoms with Gasteiger partial charge >= 0.3 is 0 Å². The van der Waals surface area contributed by atoms with Gasteiger partial charge in [-0.15, -0.1) is 0 Å². The van der Waals surface area contributed by atoms with Gasteiger partial charge in [0, 0.05) is 11.8 Å². The summed E-state index contributed by atoms with van der Waals surface area (Å²) in [6.45, 7) is 1.84. The van der Waals surface area contributed by atoms with Crippen molar-refractivity contribution in [3.8, 4) is 5.75 Å². The first-order valence-electron chi connectivity index (χ1n) is 4.54. The largest absolute Gasteiger partial charge is 0.458 e. The zero-order valence-electron chi connectivity index (χ0n) is 8.60. The molecule has 4 nitrogen and oxygen atoms in total. The summed E-state index contributed by atoms with van der Waals surface area (Å²) < 4.78 is 5.50. The van der Waals surface area contributed by atoms with Gasteiger partial charge in [0.2, 0.25) is 0 Å². The summed E-state index contributed by atoms with van der Waals surface area (Å²) in [7, 11) is 0. The van der Waals surface area contributed by atoms with Crippen molar-refractivity contribution in [2.45, 2.75) is 6.92 Å². The summed E-state index contributed by atoms with van der Waals surface area (Å²) in [6.07, 6.45) is 3.33. The van der Waals surface area contributed by atoms with E-state index >= 15 is 0 Å². The van der Waals surface area contributed by atoms with E-state index in [0.717, 1.165) is 0 Å². The highest BCUT2D eigenvalue weighted by Crippen LogP contribution is 2.16. The molecule has 4 heteroatoms. The molecule has 15 heavy (non-hydrogen) atoms. The highest BCUT2D eigenvalue weighted by atomic mass is 16.5. The quantitative estimate of drug-likeness (QED) is 0.394. The van der Waals surface area contributed by atoms with Crippen LogP contribution in [0.5, 0.6) is 5.75 Å². The Kier molecular flexibility index (Phi) is 3.62. The zero-order chi connectivity index (χ0) is 11.3. The van der Waals surface area contributed by atoms with E-state index in [1.165, 1.54) is 0 Å². The van der Waals surface area contributed by atoms with Crippen molar-refractivity contribution in [2.75, 3.05) is 5.73 Å². The fourth-order valence-electron chi connectivity index (χ4n) is 1.01. The van der Waals surface area contributed by atoms with Crippen molar-refractivity contribution in [2.24, 2.45) is 11.5 Å². The van der Waals surface area contributed by atoms with Crippen LogP contribution in [0.2, 0.25) is 0 Å². The van der Waals surface area contributed by atoms with Crippen molar-refractivity contribution in [3.63, 3.8) is 0 Å². The summed E-state index contributed by atoms with van der Waals surface area (Å²) in [6, 6.07) is 7.08. The third-order valence-electron chi connectivity index (χ3n) is 1.71. The summed E-state index contributed by atoms with van der Waals surface area (Å²) in [5.41, 5.74) is 16.9. The molecule has 0 unspecified atom stereocenters. The van der Waals surface area contributed by atoms with Crippen LogP contribution in [0, 0.1) is 0 Å². The molecular weight excluding hydrogens is 190 g/mol. The van der Waals surface area contributed by atoms with Crippen LogP contribution in [-0.4, -0.2) is 0 Å². The maximum atomic E-state index is 5.55. The molecule has 1 rings (SSSR count). The second-order valence-electron chi connectivity index (χ2n) is 3.01. The molecule has 0 saturated carbocycles. The molecular formula is C11H15N3O. The fraction of sp³-hybridized carbons (Fsp3) is 0.0909. The maximum Gasteiger partial charge on any atom is 0.127 e. The van der Waals surface area contributed by atoms with Gasteiger partial charge in [0.15, 0.2) is 0 Å². The van der Waals surface area contributed by atoms with Gasteiger partial charge < -0.3 is 21.9 Å². The lowest BCUT2D eigenvalue weighted by molar-refractivity contribution is 0.442. The second-order valence-corrected chi connectivity index (χ2v) is 3.01. The molecule has 0 fully saturated rings. The average molecular weight is 205 g/mol. The minimum atomic E-state index is 0.207. The number of hydrogen-bond donors (Lipinski definition) is 3. The Morgan fingerprint density at radius 1 is 1.20 bits per heavy atom. The molecule has 0 aliphatic rings. The summed E-state index contributed by atoms with van der Waals surface area (Å²) >= 11 is 0. The van der Waals surface area contributed by atoms with Crippen molar-refractivity contribution in [1.82, 2.24) is 0 Å². The number of rotatable bonds is 3. The number of allylic oxidation sites excluding steroid dienone is 2. The molecule has 0 saturated heterocycles. The molecule has 0 aliphatic carbocycles. The number of benzene rings is 1. The van der Waals surface area contributed by atoms with E-state index in [1.54, 1.807) is 36.4 Å². The van der Waals surface area contributed by atoms with Gasteiger partial charge in [-0.1, -0.05) is 0 Å². The monoisotopic (exact) mass is 205 g/mol. The predicted molar refractivity (Wildman–Crippen MR) is 61.7 cm³/mol. The molecule has 80 valence electrons. The third kappa shape index (κ3) is 3.64. The van der Waals surface area contributed by atoms with E-state index in [2.05, 4.69) is 0 Å². The Morgan fingerprint density at radius 2 is 1.80 bits per heavy atom. The van der Waals surface area contributed by atoms with Crippen LogP contribution < -0.4 is 21.9 Å². The number of ether oxygens (including phenoxy) is 1. The average Bonchev–Trinajstić information content (AvgIpc) is 2.19. The fourth-order valence-corrected chi connectivity index (χ4v) is 1.01. The minimum Gasteiger partial charge on any atom is -0.458 e. The van der Waals surface area contributed by atoms with Gasteiger partial charge in [-0.3, -0.25) is 0 Å². The summed E-state index contributed by atoms with van der Waals surface area (Å²) in [5, 5.41) is 0. The van der Waals surface area contributed by atoms with E-state index < -0.39 is 0 Å². The van der Waals surface area contributed by atoms with Crippen molar-refractivity contribution in [3.05, 3.63) is 48.0 Å². The Hall–Kier alpha value is -2.10. The Bertz CT molecular complexity index is 375. The normalized spacial score (nSPS) is 10.9. The topological polar surface area (TPSA) is 87.3 Å². The van der Waals surface area contributed by atoms with E-state index in [9.17, 15) is 0 Å². The van der Waals surface area contributed by atoms with Gasteiger partial charge in [-0.2, -0.15) is 0 Å². The molecule has 1 aromatic carbocycles. The van der Waals surface area contributed by atoms with Crippen LogP contribution in [0.1, 0.15) is 6.92 Å². The predicted octanol–water partition coefficient (Wildman–Crippen LogP) is 1.31. The van der Waals surface area contributed by atoms with Gasteiger partial charge in [-0.25, -0.2) is 0 Å². The Balaban J connectivity index is 2.76. The highest BCUT2D eigenvalue weighted by Gasteiger charge is 1.97. The number of hydrogen-bond acceptors (Lipinski definition) is 4. The molecule has 0 bridgehead atoms. The third-order valence-corrected chi connectivity index (χ3v) is 1.71. The first-order chi connectivity index (χ1) is 7.11. The smallest absolute Gasteiger partial charge is 0.127 e. The van der Waals surface area contributed by atoms with E-state index in [0.29, 0.717) is 17.2 Å². The lowest BCUT2D eigenvalue weighted by Gasteiger charge is -2.06. The van der Waals surface area contributed by atoms with Crippen molar-refractivity contribution in [1.29, 1.82) is 0 Å². The van der Waals surface area contributed by atoms with Gasteiger partial charge in [-0.05, 0) is 37.3 Å². The molecule has 0 aliphatic heterocycles. The lowest BCUT2D eigenvalue weighted by atomic mass is 10.3. The first-order valence-corrected chi connectivity index (χ1v) is 4.54. The molecule has 0 heterocycles. The summed E-state index contributed by atoms with van der Waals surface area (Å²) in [4.78, 5) is 0. The van der Waals surface area contributed by atoms with Crippen LogP contribution >= 0.6 is 0 Å². The first kappa shape index (κ1) is 11.0. The Morgan fingerprint density at radius 3 is 2.27 bits per heavy atom. The molecule has 0 atom stereocenters. The summed E-state index contributed by atoms with van der Waals surface area (Å²) in [5.74, 6) is 1.49. The van der Waals surface area contributed by atoms with Crippen LogP contribution in [0.25, 0.3) is 0 Å². The molecule has 0 radical (unpaired) electrons. The number of nitrogens with two attached hydrogens (primary N) is 3. The van der Waals surface area contributed by atoms with Crippen molar-refractivity contribution < 1.29 is 4.74 Å². The van der Waals surface area contributed by atoms with Crippen LogP contribution in [-0.2, 0) is 0 Å². The van der Waals surface area contributed by atoms with Crippen LogP contribution in [0.3, 0.4) is 0 Å². The Labute approximate surface area is 89.0 Å². The van der Waals surface area contributed by atoms with E-state index in [-0.39, 0.29) is 5.82 Å². The maximum absolute atomic E-state index is 5.55. The van der Waals surface area contributed by atoms with Gasteiger partial charge in [0.25, 0.3) is 0 Å². The molecule has 1 aromatic rings. The van der Waals surface area contributed by atoms with Crippen LogP contribution in [0.15, 0.2) is 48.0 Å². The van der Waals surface area contributed by atoms with Gasteiger partial charge in [0.05, 0.1) is 5.82 Å². The molecule has 6 N–H and O–H groups in total. The highest BCUT2D eigenvalue weighted by molar-refractivity contribution is 5.42. The number of anilines is 1. The lowest BCUT2D eigenvalue weighted by Crippen LogP contribution is -2.09. The van der Waals surface area contributed by atoms with Crippen LogP contribution in [0.4, 0.5) is 5.69 Å². The SMILES string of the molecule is C/C=C(\C=C(N)N)Oc1ccc(N)cc1.